The molecule has 0 radical (unpaired) electrons. The summed E-state index contributed by atoms with van der Waals surface area (Å²) in [4.78, 5) is 7.98. The Bertz CT molecular complexity index is 303. The number of nitrogens with two attached hydrogens (primary N) is 2. The van der Waals surface area contributed by atoms with Gasteiger partial charge in [-0.1, -0.05) is 6.58 Å². The van der Waals surface area contributed by atoms with Crippen molar-refractivity contribution in [1.82, 2.24) is 9.97 Å². The molecule has 0 atom stereocenters. The van der Waals surface area contributed by atoms with Crippen LogP contribution < -0.4 is 16.7 Å². The maximum Gasteiger partial charge on any atom is 0.166 e. The molecule has 1 aromatic heterocycles. The SMILES string of the molecule is C=Cc1cnc(N(N)/C=N\N)cn1. The van der Waals surface area contributed by atoms with Crippen LogP contribution in [0.3, 0.4) is 0 Å². The zero-order chi connectivity index (χ0) is 9.68. The summed E-state index contributed by atoms with van der Waals surface area (Å²) in [6.07, 6.45) is 5.87. The Kier molecular flexibility index (Phi) is 2.93. The van der Waals surface area contributed by atoms with Crippen LogP contribution in [-0.2, 0) is 0 Å². The Hall–Kier alpha value is -1.95. The number of nitrogens with zero attached hydrogens (tertiary/aromatic N) is 4. The highest BCUT2D eigenvalue weighted by Gasteiger charge is 1.99. The van der Waals surface area contributed by atoms with Crippen molar-refractivity contribution in [3.05, 3.63) is 24.7 Å². The molecular formula is C7H10N6. The Labute approximate surface area is 75.6 Å². The van der Waals surface area contributed by atoms with E-state index >= 15 is 0 Å². The molecule has 0 spiro atoms. The number of anilines is 1. The minimum Gasteiger partial charge on any atom is -0.322 e. The molecule has 0 bridgehead atoms. The van der Waals surface area contributed by atoms with Crippen LogP contribution in [0.1, 0.15) is 5.69 Å². The van der Waals surface area contributed by atoms with E-state index in [0.717, 1.165) is 0 Å². The second kappa shape index (κ2) is 4.17. The molecule has 13 heavy (non-hydrogen) atoms. The maximum atomic E-state index is 5.47. The van der Waals surface area contributed by atoms with Crippen LogP contribution in [0.4, 0.5) is 5.82 Å². The molecule has 0 aliphatic heterocycles. The van der Waals surface area contributed by atoms with E-state index in [-0.39, 0.29) is 0 Å². The van der Waals surface area contributed by atoms with Gasteiger partial charge in [-0.2, -0.15) is 5.10 Å². The van der Waals surface area contributed by atoms with Crippen LogP contribution in [-0.4, -0.2) is 16.3 Å². The van der Waals surface area contributed by atoms with Crippen molar-refractivity contribution >= 4 is 18.2 Å². The third-order valence-electron chi connectivity index (χ3n) is 1.32. The summed E-state index contributed by atoms with van der Waals surface area (Å²) in [6.45, 7) is 3.55. The summed E-state index contributed by atoms with van der Waals surface area (Å²) >= 11 is 0. The van der Waals surface area contributed by atoms with Crippen molar-refractivity contribution in [1.29, 1.82) is 0 Å². The van der Waals surface area contributed by atoms with E-state index < -0.39 is 0 Å². The molecule has 6 nitrogen and oxygen atoms in total. The van der Waals surface area contributed by atoms with Crippen molar-refractivity contribution in [3.63, 3.8) is 0 Å². The van der Waals surface area contributed by atoms with E-state index in [2.05, 4.69) is 21.6 Å². The van der Waals surface area contributed by atoms with Crippen molar-refractivity contribution in [2.45, 2.75) is 0 Å². The summed E-state index contributed by atoms with van der Waals surface area (Å²) < 4.78 is 0. The van der Waals surface area contributed by atoms with Crippen LogP contribution in [0.25, 0.3) is 6.08 Å². The van der Waals surface area contributed by atoms with Crippen molar-refractivity contribution in [3.8, 4) is 0 Å². The molecule has 0 amide bonds. The van der Waals surface area contributed by atoms with Gasteiger partial charge in [0.2, 0.25) is 0 Å². The summed E-state index contributed by atoms with van der Waals surface area (Å²) in [5, 5.41) is 4.41. The molecular weight excluding hydrogens is 168 g/mol. The summed E-state index contributed by atoms with van der Waals surface area (Å²) in [6, 6.07) is 0. The van der Waals surface area contributed by atoms with E-state index in [0.29, 0.717) is 11.5 Å². The van der Waals surface area contributed by atoms with Gasteiger partial charge in [-0.3, -0.25) is 4.98 Å². The number of hydrogen-bond donors (Lipinski definition) is 2. The highest BCUT2D eigenvalue weighted by atomic mass is 15.4. The number of rotatable bonds is 3. The largest absolute Gasteiger partial charge is 0.322 e. The van der Waals surface area contributed by atoms with Crippen LogP contribution >= 0.6 is 0 Å². The van der Waals surface area contributed by atoms with Crippen LogP contribution in [0.5, 0.6) is 0 Å². The quantitative estimate of drug-likeness (QED) is 0.287. The highest BCUT2D eigenvalue weighted by molar-refractivity contribution is 5.74. The Morgan fingerprint density at radius 2 is 2.23 bits per heavy atom. The van der Waals surface area contributed by atoms with Gasteiger partial charge in [0.25, 0.3) is 0 Å². The smallest absolute Gasteiger partial charge is 0.166 e. The molecule has 4 N–H and O–H groups in total. The fourth-order valence-electron chi connectivity index (χ4n) is 0.701. The fraction of sp³-hybridized carbons (Fsp3) is 0. The first-order valence-electron chi connectivity index (χ1n) is 3.49. The summed E-state index contributed by atoms with van der Waals surface area (Å²) in [5.74, 6) is 10.8. The summed E-state index contributed by atoms with van der Waals surface area (Å²) in [7, 11) is 0. The molecule has 68 valence electrons. The maximum absolute atomic E-state index is 5.47. The van der Waals surface area contributed by atoms with E-state index in [1.54, 1.807) is 12.3 Å². The molecule has 0 saturated carbocycles. The van der Waals surface area contributed by atoms with Crippen LogP contribution in [0, 0.1) is 0 Å². The third kappa shape index (κ3) is 2.24. The van der Waals surface area contributed by atoms with Gasteiger partial charge in [0.1, 0.15) is 6.34 Å². The Balaban J connectivity index is 2.85. The Morgan fingerprint density at radius 3 is 2.69 bits per heavy atom. The molecule has 1 rings (SSSR count). The second-order valence-corrected chi connectivity index (χ2v) is 2.18. The topological polar surface area (TPSA) is 93.4 Å². The Morgan fingerprint density at radius 1 is 1.46 bits per heavy atom. The first kappa shape index (κ1) is 9.14. The van der Waals surface area contributed by atoms with Gasteiger partial charge in [0.05, 0.1) is 18.1 Å². The van der Waals surface area contributed by atoms with Crippen molar-refractivity contribution in [2.24, 2.45) is 16.8 Å². The summed E-state index contributed by atoms with van der Waals surface area (Å²) in [5.41, 5.74) is 0.682. The van der Waals surface area contributed by atoms with Crippen LogP contribution in [0.15, 0.2) is 24.1 Å². The third-order valence-corrected chi connectivity index (χ3v) is 1.32. The lowest BCUT2D eigenvalue weighted by Gasteiger charge is -2.09. The van der Waals surface area contributed by atoms with Gasteiger partial charge >= 0.3 is 0 Å². The number of hydrazine groups is 1. The molecule has 0 fully saturated rings. The minimum atomic E-state index is 0.458. The molecule has 0 aliphatic rings. The molecule has 0 unspecified atom stereocenters. The van der Waals surface area contributed by atoms with Crippen LogP contribution in [0.2, 0.25) is 0 Å². The predicted molar refractivity (Wildman–Crippen MR) is 51.5 cm³/mol. The highest BCUT2D eigenvalue weighted by Crippen LogP contribution is 2.03. The van der Waals surface area contributed by atoms with Gasteiger partial charge < -0.3 is 5.84 Å². The molecule has 0 aromatic carbocycles. The average molecular weight is 178 g/mol. The average Bonchev–Trinajstić information content (AvgIpc) is 2.18. The number of hydrazone groups is 1. The molecule has 1 aromatic rings. The molecule has 0 aliphatic carbocycles. The monoisotopic (exact) mass is 178 g/mol. The lowest BCUT2D eigenvalue weighted by Crippen LogP contribution is -2.30. The van der Waals surface area contributed by atoms with Gasteiger partial charge in [0, 0.05) is 0 Å². The van der Waals surface area contributed by atoms with Gasteiger partial charge in [-0.15, -0.1) is 0 Å². The molecule has 1 heterocycles. The first-order valence-corrected chi connectivity index (χ1v) is 3.49. The number of hydrogen-bond acceptors (Lipinski definition) is 5. The van der Waals surface area contributed by atoms with Gasteiger partial charge in [0.15, 0.2) is 5.82 Å². The van der Waals surface area contributed by atoms with Crippen molar-refractivity contribution in [2.75, 3.05) is 5.01 Å². The fourth-order valence-corrected chi connectivity index (χ4v) is 0.701. The number of aromatic nitrogens is 2. The van der Waals surface area contributed by atoms with Gasteiger partial charge in [-0.25, -0.2) is 15.8 Å². The normalized spacial score (nSPS) is 10.2. The second-order valence-electron chi connectivity index (χ2n) is 2.18. The minimum absolute atomic E-state index is 0.458. The predicted octanol–water partition coefficient (Wildman–Crippen LogP) is -0.298. The zero-order valence-corrected chi connectivity index (χ0v) is 6.96. The lowest BCUT2D eigenvalue weighted by atomic mass is 10.4. The van der Waals surface area contributed by atoms with E-state index in [1.807, 2.05) is 0 Å². The first-order chi connectivity index (χ1) is 6.27. The lowest BCUT2D eigenvalue weighted by molar-refractivity contribution is 1.04. The molecule has 0 saturated heterocycles. The van der Waals surface area contributed by atoms with Crippen molar-refractivity contribution < 1.29 is 0 Å². The van der Waals surface area contributed by atoms with E-state index in [9.17, 15) is 0 Å². The van der Waals surface area contributed by atoms with Gasteiger partial charge in [-0.05, 0) is 6.08 Å². The zero-order valence-electron chi connectivity index (χ0n) is 6.96. The van der Waals surface area contributed by atoms with E-state index in [4.69, 9.17) is 11.7 Å². The molecule has 6 heteroatoms. The standard InChI is InChI=1S/C7H10N6/c1-2-6-3-11-7(4-10-6)13(9)5-12-8/h2-5H,1,8-9H2/b12-5-. The van der Waals surface area contributed by atoms with E-state index in [1.165, 1.54) is 17.5 Å².